The van der Waals surface area contributed by atoms with Crippen LogP contribution < -0.4 is 0 Å². The zero-order chi connectivity index (χ0) is 19.0. The molecule has 142 valence electrons. The van der Waals surface area contributed by atoms with Crippen molar-refractivity contribution in [2.45, 2.75) is 80.4 Å². The maximum absolute atomic E-state index is 12.2. The van der Waals surface area contributed by atoms with Gasteiger partial charge in [0.1, 0.15) is 0 Å². The molecule has 0 aromatic rings. The number of carbonyl (C=O) groups excluding carboxylic acids is 2. The Morgan fingerprint density at radius 3 is 1.04 bits per heavy atom. The Morgan fingerprint density at radius 1 is 0.667 bits per heavy atom. The summed E-state index contributed by atoms with van der Waals surface area (Å²) in [5.74, 6) is -1.77. The first-order valence-corrected chi connectivity index (χ1v) is 23.5. The van der Waals surface area contributed by atoms with Crippen LogP contribution in [0.2, 0.25) is 26.6 Å². The van der Waals surface area contributed by atoms with Gasteiger partial charge in [-0.25, -0.2) is 0 Å². The molecule has 0 rings (SSSR count). The van der Waals surface area contributed by atoms with Gasteiger partial charge in [-0.1, -0.05) is 0 Å². The molecule has 0 aromatic carbocycles. The van der Waals surface area contributed by atoms with Gasteiger partial charge in [0.25, 0.3) is 0 Å². The first-order valence-electron chi connectivity index (χ1n) is 9.02. The van der Waals surface area contributed by atoms with Gasteiger partial charge in [0.05, 0.1) is 0 Å². The molecule has 0 bridgehead atoms. The Balaban J connectivity index is 5.00. The van der Waals surface area contributed by atoms with Crippen LogP contribution in [0.3, 0.4) is 0 Å². The standard InChI is InChI=1S/C4H6O6.6C2H5.2Sn/c5-1(3(7)8)2(6)4(9)10;6*1-2;;/h1-2,5-6H,(H,7,8)(H,9,10);6*1H2,2H3;;/q;;;;;;;2*+1/p-2. The van der Waals surface area contributed by atoms with Gasteiger partial charge in [-0.05, 0) is 0 Å². The summed E-state index contributed by atoms with van der Waals surface area (Å²) < 4.78 is 16.0. The van der Waals surface area contributed by atoms with Crippen LogP contribution in [0.4, 0.5) is 0 Å². The van der Waals surface area contributed by atoms with E-state index in [2.05, 4.69) is 0 Å². The van der Waals surface area contributed by atoms with Gasteiger partial charge >= 0.3 is 156 Å². The molecule has 24 heavy (non-hydrogen) atoms. The summed E-state index contributed by atoms with van der Waals surface area (Å²) in [5.41, 5.74) is 0. The van der Waals surface area contributed by atoms with E-state index >= 15 is 0 Å². The SMILES string of the molecule is C[CH2][Sn]([CH2]C)([CH2]C)[O]C(=O)C(O)C(O)C(=O)[O][Sn]([CH2]C)([CH2]C)[CH2]C. The molecule has 0 fully saturated rings. The van der Waals surface area contributed by atoms with Crippen molar-refractivity contribution in [1.82, 2.24) is 0 Å². The van der Waals surface area contributed by atoms with E-state index in [0.717, 1.165) is 26.6 Å². The molecule has 8 heteroatoms. The van der Waals surface area contributed by atoms with Gasteiger partial charge in [-0.3, -0.25) is 0 Å². The molecule has 0 aromatic heterocycles. The van der Waals surface area contributed by atoms with Gasteiger partial charge in [0.15, 0.2) is 0 Å². The molecular weight excluding hydrogens is 526 g/mol. The number of carbonyl (C=O) groups is 2. The summed E-state index contributed by atoms with van der Waals surface area (Å²) in [6, 6.07) is 0. The van der Waals surface area contributed by atoms with Crippen molar-refractivity contribution in [2.24, 2.45) is 0 Å². The van der Waals surface area contributed by atoms with E-state index in [0.29, 0.717) is 0 Å². The van der Waals surface area contributed by atoms with Crippen LogP contribution >= 0.6 is 0 Å². The second kappa shape index (κ2) is 11.2. The van der Waals surface area contributed by atoms with E-state index in [1.807, 2.05) is 41.5 Å². The number of aliphatic hydroxyl groups is 2. The number of hydrogen-bond donors (Lipinski definition) is 2. The molecule has 0 aliphatic carbocycles. The van der Waals surface area contributed by atoms with E-state index in [4.69, 9.17) is 6.15 Å². The molecule has 0 saturated carbocycles. The fourth-order valence-electron chi connectivity index (χ4n) is 2.74. The van der Waals surface area contributed by atoms with Crippen LogP contribution in [0, 0.1) is 0 Å². The van der Waals surface area contributed by atoms with Crippen LogP contribution in [-0.2, 0) is 15.7 Å². The average molecular weight is 560 g/mol. The third-order valence-corrected chi connectivity index (χ3v) is 31.0. The molecule has 0 aliphatic rings. The minimum atomic E-state index is -3.06. The summed E-state index contributed by atoms with van der Waals surface area (Å²) in [4.78, 5) is 24.4. The van der Waals surface area contributed by atoms with Crippen LogP contribution in [-0.4, -0.2) is 71.9 Å². The molecule has 2 unspecified atom stereocenters. The molecule has 2 N–H and O–H groups in total. The first-order chi connectivity index (χ1) is 11.2. The molecule has 6 nitrogen and oxygen atoms in total. The second-order valence-electron chi connectivity index (χ2n) is 6.22. The van der Waals surface area contributed by atoms with Crippen LogP contribution in [0.25, 0.3) is 0 Å². The van der Waals surface area contributed by atoms with E-state index in [9.17, 15) is 19.8 Å². The zero-order valence-corrected chi connectivity index (χ0v) is 21.6. The predicted octanol–water partition coefficient (Wildman–Crippen LogP) is 2.81. The molecule has 0 amide bonds. The topological polar surface area (TPSA) is 93.1 Å². The minimum absolute atomic E-state index is 0.807. The molecule has 0 radical (unpaired) electrons. The van der Waals surface area contributed by atoms with Gasteiger partial charge in [0, 0.05) is 0 Å². The average Bonchev–Trinajstić information content (AvgIpc) is 2.62. The van der Waals surface area contributed by atoms with Crippen molar-refractivity contribution in [1.29, 1.82) is 0 Å². The summed E-state index contributed by atoms with van der Waals surface area (Å²) in [6.45, 7) is 11.9. The molecule has 0 spiro atoms. The normalized spacial score (nSPS) is 14.8. The van der Waals surface area contributed by atoms with E-state index in [-0.39, 0.29) is 0 Å². The third kappa shape index (κ3) is 6.32. The number of hydrogen-bond acceptors (Lipinski definition) is 6. The van der Waals surface area contributed by atoms with Gasteiger partial charge in [-0.15, -0.1) is 0 Å². The Bertz CT molecular complexity index is 353. The number of rotatable bonds is 11. The van der Waals surface area contributed by atoms with E-state index in [1.165, 1.54) is 0 Å². The van der Waals surface area contributed by atoms with Crippen molar-refractivity contribution in [2.75, 3.05) is 0 Å². The molecule has 0 saturated heterocycles. The Hall–Kier alpha value is 0.457. The van der Waals surface area contributed by atoms with Gasteiger partial charge < -0.3 is 0 Å². The Morgan fingerprint density at radius 2 is 0.875 bits per heavy atom. The fourth-order valence-corrected chi connectivity index (χ4v) is 16.9. The monoisotopic (exact) mass is 562 g/mol. The molecule has 0 heterocycles. The summed E-state index contributed by atoms with van der Waals surface area (Å²) in [6.07, 6.45) is -3.74. The van der Waals surface area contributed by atoms with E-state index < -0.39 is 61.7 Å². The second-order valence-corrected chi connectivity index (χ2v) is 33.0. The zero-order valence-electron chi connectivity index (χ0n) is 15.9. The summed E-state index contributed by atoms with van der Waals surface area (Å²) in [7, 11) is 0. The van der Waals surface area contributed by atoms with Crippen LogP contribution in [0.5, 0.6) is 0 Å². The first kappa shape index (κ1) is 24.5. The van der Waals surface area contributed by atoms with Gasteiger partial charge in [0.2, 0.25) is 0 Å². The maximum atomic E-state index is 12.2. The van der Waals surface area contributed by atoms with Crippen LogP contribution in [0.1, 0.15) is 41.5 Å². The molecule has 2 atom stereocenters. The number of aliphatic hydroxyl groups excluding tert-OH is 2. The van der Waals surface area contributed by atoms with E-state index in [1.54, 1.807) is 0 Å². The quantitative estimate of drug-likeness (QED) is 0.378. The van der Waals surface area contributed by atoms with Crippen molar-refractivity contribution in [3.05, 3.63) is 0 Å². The molecule has 0 aliphatic heterocycles. The van der Waals surface area contributed by atoms with Gasteiger partial charge in [-0.2, -0.15) is 0 Å². The van der Waals surface area contributed by atoms with Crippen LogP contribution in [0.15, 0.2) is 0 Å². The fraction of sp³-hybridized carbons (Fsp3) is 0.875. The van der Waals surface area contributed by atoms with Crippen molar-refractivity contribution in [3.8, 4) is 0 Å². The third-order valence-electron chi connectivity index (χ3n) is 5.28. The predicted molar refractivity (Wildman–Crippen MR) is 98.6 cm³/mol. The summed E-state index contributed by atoms with van der Waals surface area (Å²) >= 11 is -6.11. The molecular formula is C16H34O6Sn2. The Kier molecular flexibility index (Phi) is 11.4. The van der Waals surface area contributed by atoms with Crippen molar-refractivity contribution >= 4 is 49.5 Å². The van der Waals surface area contributed by atoms with Crippen molar-refractivity contribution < 1.29 is 26.0 Å². The Labute approximate surface area is 155 Å². The summed E-state index contributed by atoms with van der Waals surface area (Å²) in [5, 5.41) is 20.1. The van der Waals surface area contributed by atoms with Crippen molar-refractivity contribution in [3.63, 3.8) is 0 Å².